The van der Waals surface area contributed by atoms with Gasteiger partial charge in [-0.15, -0.1) is 0 Å². The maximum Gasteiger partial charge on any atom is 0.326 e. The summed E-state index contributed by atoms with van der Waals surface area (Å²) in [5, 5.41) is 14.3. The molecule has 0 aliphatic carbocycles. The first-order chi connectivity index (χ1) is 9.82. The van der Waals surface area contributed by atoms with Gasteiger partial charge >= 0.3 is 12.0 Å². The van der Waals surface area contributed by atoms with Crippen LogP contribution in [0, 0.1) is 11.8 Å². The molecule has 0 aromatic rings. The van der Waals surface area contributed by atoms with E-state index in [1.54, 1.807) is 0 Å². The van der Waals surface area contributed by atoms with Gasteiger partial charge in [0.1, 0.15) is 6.04 Å². The second-order valence-corrected chi connectivity index (χ2v) is 6.52. The second-order valence-electron chi connectivity index (χ2n) is 6.52. The highest BCUT2D eigenvalue weighted by Gasteiger charge is 2.20. The molecule has 0 fully saturated rings. The van der Waals surface area contributed by atoms with E-state index in [0.717, 1.165) is 18.8 Å². The highest BCUT2D eigenvalue weighted by atomic mass is 16.4. The standard InChI is InChI=1S/C16H32N2O3/c1-12(2)9-7-5-6-8-10-17-16(21)18-14(15(19)20)11-13(3)4/h12-14H,5-11H2,1-4H3,(H,19,20)(H2,17,18,21)/t14-/m1/s1. The number of nitrogens with one attached hydrogen (secondary N) is 2. The molecule has 0 unspecified atom stereocenters. The molecular formula is C16H32N2O3. The van der Waals surface area contributed by atoms with Gasteiger partial charge in [0.15, 0.2) is 0 Å². The van der Waals surface area contributed by atoms with Gasteiger partial charge in [0, 0.05) is 6.54 Å². The highest BCUT2D eigenvalue weighted by Crippen LogP contribution is 2.09. The lowest BCUT2D eigenvalue weighted by Crippen LogP contribution is -2.46. The molecule has 0 aromatic carbocycles. The van der Waals surface area contributed by atoms with E-state index < -0.39 is 12.0 Å². The first-order valence-corrected chi connectivity index (χ1v) is 8.10. The quantitative estimate of drug-likeness (QED) is 0.512. The van der Waals surface area contributed by atoms with Crippen LogP contribution in [-0.4, -0.2) is 29.7 Å². The number of aliphatic carboxylic acids is 1. The summed E-state index contributed by atoms with van der Waals surface area (Å²) >= 11 is 0. The Labute approximate surface area is 128 Å². The average molecular weight is 300 g/mol. The van der Waals surface area contributed by atoms with Gasteiger partial charge in [-0.25, -0.2) is 9.59 Å². The number of amides is 2. The van der Waals surface area contributed by atoms with Gasteiger partial charge in [-0.3, -0.25) is 0 Å². The number of carboxylic acid groups (broad SMARTS) is 1. The average Bonchev–Trinajstić information content (AvgIpc) is 2.35. The minimum Gasteiger partial charge on any atom is -0.480 e. The summed E-state index contributed by atoms with van der Waals surface area (Å²) in [5.41, 5.74) is 0. The van der Waals surface area contributed by atoms with Gasteiger partial charge < -0.3 is 15.7 Å². The number of hydrogen-bond donors (Lipinski definition) is 3. The van der Waals surface area contributed by atoms with Crippen LogP contribution in [0.25, 0.3) is 0 Å². The number of carboxylic acids is 1. The van der Waals surface area contributed by atoms with Crippen LogP contribution in [0.5, 0.6) is 0 Å². The molecular weight excluding hydrogens is 268 g/mol. The zero-order valence-electron chi connectivity index (χ0n) is 13.9. The molecule has 124 valence electrons. The van der Waals surface area contributed by atoms with Gasteiger partial charge in [0.25, 0.3) is 0 Å². The van der Waals surface area contributed by atoms with Gasteiger partial charge in [-0.05, 0) is 24.7 Å². The Balaban J connectivity index is 3.71. The van der Waals surface area contributed by atoms with E-state index >= 15 is 0 Å². The fourth-order valence-corrected chi connectivity index (χ4v) is 2.14. The van der Waals surface area contributed by atoms with Crippen molar-refractivity contribution >= 4 is 12.0 Å². The van der Waals surface area contributed by atoms with Crippen molar-refractivity contribution in [2.24, 2.45) is 11.8 Å². The first kappa shape index (κ1) is 19.7. The minimum atomic E-state index is -0.979. The molecule has 0 aliphatic rings. The summed E-state index contributed by atoms with van der Waals surface area (Å²) in [5.74, 6) is 0.00250. The molecule has 0 aromatic heterocycles. The molecule has 0 saturated carbocycles. The van der Waals surface area contributed by atoms with E-state index in [-0.39, 0.29) is 11.9 Å². The normalized spacial score (nSPS) is 12.5. The smallest absolute Gasteiger partial charge is 0.326 e. The highest BCUT2D eigenvalue weighted by molar-refractivity contribution is 5.82. The third-order valence-corrected chi connectivity index (χ3v) is 3.30. The summed E-state index contributed by atoms with van der Waals surface area (Å²) in [6.45, 7) is 8.92. The number of carbonyl (C=O) groups is 2. The molecule has 0 saturated heterocycles. The van der Waals surface area contributed by atoms with Crippen molar-refractivity contribution in [1.29, 1.82) is 0 Å². The largest absolute Gasteiger partial charge is 0.480 e. The molecule has 0 heterocycles. The van der Waals surface area contributed by atoms with Crippen LogP contribution >= 0.6 is 0 Å². The molecule has 5 nitrogen and oxygen atoms in total. The fraction of sp³-hybridized carbons (Fsp3) is 0.875. The maximum absolute atomic E-state index is 11.6. The Kier molecular flexibility index (Phi) is 10.7. The van der Waals surface area contributed by atoms with Crippen molar-refractivity contribution in [3.05, 3.63) is 0 Å². The topological polar surface area (TPSA) is 78.4 Å². The molecule has 21 heavy (non-hydrogen) atoms. The molecule has 5 heteroatoms. The third kappa shape index (κ3) is 12.2. The predicted molar refractivity (Wildman–Crippen MR) is 85.3 cm³/mol. The molecule has 0 aliphatic heterocycles. The third-order valence-electron chi connectivity index (χ3n) is 3.30. The summed E-state index contributed by atoms with van der Waals surface area (Å²) in [7, 11) is 0. The molecule has 0 radical (unpaired) electrons. The number of urea groups is 1. The van der Waals surface area contributed by atoms with E-state index in [1.165, 1.54) is 19.3 Å². The Morgan fingerprint density at radius 1 is 0.952 bits per heavy atom. The van der Waals surface area contributed by atoms with Crippen LogP contribution in [0.3, 0.4) is 0 Å². The van der Waals surface area contributed by atoms with E-state index in [4.69, 9.17) is 5.11 Å². The molecule has 0 spiro atoms. The van der Waals surface area contributed by atoms with E-state index in [1.807, 2.05) is 13.8 Å². The van der Waals surface area contributed by atoms with Crippen LogP contribution in [0.2, 0.25) is 0 Å². The van der Waals surface area contributed by atoms with Crippen molar-refractivity contribution in [2.75, 3.05) is 6.54 Å². The van der Waals surface area contributed by atoms with Gasteiger partial charge in [-0.2, -0.15) is 0 Å². The molecule has 2 amide bonds. The van der Waals surface area contributed by atoms with E-state index in [2.05, 4.69) is 24.5 Å². The van der Waals surface area contributed by atoms with Crippen LogP contribution in [0.4, 0.5) is 4.79 Å². The number of carbonyl (C=O) groups excluding carboxylic acids is 1. The second kappa shape index (κ2) is 11.4. The number of unbranched alkanes of at least 4 members (excludes halogenated alkanes) is 3. The van der Waals surface area contributed by atoms with Crippen molar-refractivity contribution in [2.45, 2.75) is 72.3 Å². The molecule has 1 atom stereocenters. The van der Waals surface area contributed by atoms with Gasteiger partial charge in [0.2, 0.25) is 0 Å². The number of hydrogen-bond acceptors (Lipinski definition) is 2. The van der Waals surface area contributed by atoms with Crippen molar-refractivity contribution < 1.29 is 14.7 Å². The minimum absolute atomic E-state index is 0.229. The molecule has 0 bridgehead atoms. The van der Waals surface area contributed by atoms with Crippen LogP contribution < -0.4 is 10.6 Å². The van der Waals surface area contributed by atoms with Gasteiger partial charge in [0.05, 0.1) is 0 Å². The van der Waals surface area contributed by atoms with Crippen molar-refractivity contribution in [3.8, 4) is 0 Å². The summed E-state index contributed by atoms with van der Waals surface area (Å²) in [4.78, 5) is 22.7. The van der Waals surface area contributed by atoms with Crippen LogP contribution in [0.15, 0.2) is 0 Å². The monoisotopic (exact) mass is 300 g/mol. The Morgan fingerprint density at radius 3 is 2.10 bits per heavy atom. The Hall–Kier alpha value is -1.26. The van der Waals surface area contributed by atoms with E-state index in [0.29, 0.717) is 13.0 Å². The van der Waals surface area contributed by atoms with Crippen LogP contribution in [-0.2, 0) is 4.79 Å². The van der Waals surface area contributed by atoms with E-state index in [9.17, 15) is 9.59 Å². The lowest BCUT2D eigenvalue weighted by molar-refractivity contribution is -0.139. The number of rotatable bonds is 11. The summed E-state index contributed by atoms with van der Waals surface area (Å²) < 4.78 is 0. The van der Waals surface area contributed by atoms with Gasteiger partial charge in [-0.1, -0.05) is 53.4 Å². The SMILES string of the molecule is CC(C)CCCCCCNC(=O)N[C@H](CC(C)C)C(=O)O. The van der Waals surface area contributed by atoms with Crippen molar-refractivity contribution in [1.82, 2.24) is 10.6 Å². The first-order valence-electron chi connectivity index (χ1n) is 8.10. The zero-order valence-corrected chi connectivity index (χ0v) is 13.9. The molecule has 0 rings (SSSR count). The fourth-order valence-electron chi connectivity index (χ4n) is 2.14. The Bertz CT molecular complexity index is 304. The zero-order chi connectivity index (χ0) is 16.3. The maximum atomic E-state index is 11.6. The van der Waals surface area contributed by atoms with Crippen LogP contribution in [0.1, 0.15) is 66.2 Å². The summed E-state index contributed by atoms with van der Waals surface area (Å²) in [6.07, 6.45) is 6.15. The lowest BCUT2D eigenvalue weighted by atomic mass is 10.0. The van der Waals surface area contributed by atoms with Crippen molar-refractivity contribution in [3.63, 3.8) is 0 Å². The summed E-state index contributed by atoms with van der Waals surface area (Å²) in [6, 6.07) is -1.19. The predicted octanol–water partition coefficient (Wildman–Crippen LogP) is 3.39. The Morgan fingerprint density at radius 2 is 1.57 bits per heavy atom. The molecule has 3 N–H and O–H groups in total. The lowest BCUT2D eigenvalue weighted by Gasteiger charge is -2.16.